The summed E-state index contributed by atoms with van der Waals surface area (Å²) in [6.07, 6.45) is 2.68. The Morgan fingerprint density at radius 3 is 2.38 bits per heavy atom. The van der Waals surface area contributed by atoms with Crippen LogP contribution in [0.15, 0.2) is 24.3 Å². The van der Waals surface area contributed by atoms with E-state index in [0.29, 0.717) is 6.54 Å². The molecule has 70 valence electrons. The van der Waals surface area contributed by atoms with Crippen LogP contribution >= 0.6 is 0 Å². The van der Waals surface area contributed by atoms with Crippen molar-refractivity contribution in [2.75, 3.05) is 11.9 Å². The minimum atomic E-state index is 0.632. The quantitative estimate of drug-likeness (QED) is 0.760. The van der Waals surface area contributed by atoms with Crippen LogP contribution in [0.4, 0.5) is 5.69 Å². The molecule has 2 heteroatoms. The highest BCUT2D eigenvalue weighted by molar-refractivity contribution is 5.48. The number of anilines is 1. The standard InChI is InChI=1S/C11H16N2/c1-13(11-6-7-11)10-4-2-9(8-12)3-5-10/h2-5,11H,6-8,12H2,1H3. The van der Waals surface area contributed by atoms with Crippen molar-refractivity contribution >= 4 is 5.69 Å². The van der Waals surface area contributed by atoms with Gasteiger partial charge in [0, 0.05) is 25.3 Å². The van der Waals surface area contributed by atoms with Crippen molar-refractivity contribution < 1.29 is 0 Å². The summed E-state index contributed by atoms with van der Waals surface area (Å²) in [4.78, 5) is 2.35. The third-order valence-electron chi connectivity index (χ3n) is 2.67. The first-order valence-electron chi connectivity index (χ1n) is 4.83. The van der Waals surface area contributed by atoms with Crippen LogP contribution in [0.1, 0.15) is 18.4 Å². The fourth-order valence-electron chi connectivity index (χ4n) is 1.54. The molecule has 0 heterocycles. The Balaban J connectivity index is 2.11. The molecular formula is C11H16N2. The maximum absolute atomic E-state index is 5.53. The molecule has 0 aromatic heterocycles. The van der Waals surface area contributed by atoms with Crippen LogP contribution in [-0.4, -0.2) is 13.1 Å². The normalized spacial score (nSPS) is 15.8. The van der Waals surface area contributed by atoms with E-state index in [1.54, 1.807) is 0 Å². The maximum Gasteiger partial charge on any atom is 0.0366 e. The number of rotatable bonds is 3. The van der Waals surface area contributed by atoms with Gasteiger partial charge in [-0.25, -0.2) is 0 Å². The van der Waals surface area contributed by atoms with E-state index in [0.717, 1.165) is 6.04 Å². The van der Waals surface area contributed by atoms with Crippen molar-refractivity contribution in [3.63, 3.8) is 0 Å². The van der Waals surface area contributed by atoms with Crippen LogP contribution in [0.2, 0.25) is 0 Å². The average molecular weight is 176 g/mol. The zero-order valence-corrected chi connectivity index (χ0v) is 8.03. The number of nitrogens with two attached hydrogens (primary N) is 1. The molecule has 1 fully saturated rings. The lowest BCUT2D eigenvalue weighted by Gasteiger charge is -2.18. The van der Waals surface area contributed by atoms with E-state index in [9.17, 15) is 0 Å². The van der Waals surface area contributed by atoms with Crippen LogP contribution < -0.4 is 10.6 Å². The first-order valence-corrected chi connectivity index (χ1v) is 4.83. The Hall–Kier alpha value is -1.02. The van der Waals surface area contributed by atoms with Gasteiger partial charge in [-0.1, -0.05) is 12.1 Å². The summed E-state index contributed by atoms with van der Waals surface area (Å²) in [5, 5.41) is 0. The molecule has 0 atom stereocenters. The number of hydrogen-bond donors (Lipinski definition) is 1. The van der Waals surface area contributed by atoms with Crippen molar-refractivity contribution in [1.82, 2.24) is 0 Å². The van der Waals surface area contributed by atoms with Gasteiger partial charge in [0.2, 0.25) is 0 Å². The molecule has 0 amide bonds. The second kappa shape index (κ2) is 3.38. The lowest BCUT2D eigenvalue weighted by molar-refractivity contribution is 0.915. The van der Waals surface area contributed by atoms with E-state index in [4.69, 9.17) is 5.73 Å². The predicted molar refractivity (Wildman–Crippen MR) is 55.8 cm³/mol. The molecule has 1 aliphatic rings. The summed E-state index contributed by atoms with van der Waals surface area (Å²) in [7, 11) is 2.16. The topological polar surface area (TPSA) is 29.3 Å². The van der Waals surface area contributed by atoms with E-state index in [-0.39, 0.29) is 0 Å². The molecule has 0 aliphatic heterocycles. The van der Waals surface area contributed by atoms with Crippen molar-refractivity contribution in [3.05, 3.63) is 29.8 Å². The molecule has 0 radical (unpaired) electrons. The fraction of sp³-hybridized carbons (Fsp3) is 0.455. The lowest BCUT2D eigenvalue weighted by Crippen LogP contribution is -2.19. The molecule has 0 spiro atoms. The SMILES string of the molecule is CN(c1ccc(CN)cc1)C1CC1. The summed E-state index contributed by atoms with van der Waals surface area (Å²) < 4.78 is 0. The van der Waals surface area contributed by atoms with Crippen LogP contribution in [0.5, 0.6) is 0 Å². The van der Waals surface area contributed by atoms with Crippen LogP contribution in [0.3, 0.4) is 0 Å². The molecule has 2 rings (SSSR count). The van der Waals surface area contributed by atoms with Gasteiger partial charge in [-0.05, 0) is 30.5 Å². The third kappa shape index (κ3) is 1.83. The lowest BCUT2D eigenvalue weighted by atomic mass is 10.2. The van der Waals surface area contributed by atoms with E-state index in [2.05, 4.69) is 36.2 Å². The molecule has 1 aliphatic carbocycles. The van der Waals surface area contributed by atoms with Gasteiger partial charge in [0.25, 0.3) is 0 Å². The summed E-state index contributed by atoms with van der Waals surface area (Å²) >= 11 is 0. The van der Waals surface area contributed by atoms with Gasteiger partial charge in [-0.3, -0.25) is 0 Å². The van der Waals surface area contributed by atoms with Crippen LogP contribution in [0.25, 0.3) is 0 Å². The smallest absolute Gasteiger partial charge is 0.0366 e. The van der Waals surface area contributed by atoms with E-state index < -0.39 is 0 Å². The third-order valence-corrected chi connectivity index (χ3v) is 2.67. The van der Waals surface area contributed by atoms with Gasteiger partial charge in [0.15, 0.2) is 0 Å². The summed E-state index contributed by atoms with van der Waals surface area (Å²) in [6, 6.07) is 9.30. The molecular weight excluding hydrogens is 160 g/mol. The highest BCUT2D eigenvalue weighted by Crippen LogP contribution is 2.29. The Kier molecular flexibility index (Phi) is 2.23. The summed E-state index contributed by atoms with van der Waals surface area (Å²) in [5.41, 5.74) is 8.04. The molecule has 1 aromatic rings. The molecule has 0 unspecified atom stereocenters. The van der Waals surface area contributed by atoms with Crippen molar-refractivity contribution in [2.24, 2.45) is 5.73 Å². The highest BCUT2D eigenvalue weighted by atomic mass is 15.2. The summed E-state index contributed by atoms with van der Waals surface area (Å²) in [5.74, 6) is 0. The zero-order chi connectivity index (χ0) is 9.26. The van der Waals surface area contributed by atoms with Crippen LogP contribution in [-0.2, 0) is 6.54 Å². The Morgan fingerprint density at radius 2 is 1.92 bits per heavy atom. The average Bonchev–Trinajstić information content (AvgIpc) is 3.00. The molecule has 0 saturated heterocycles. The first-order chi connectivity index (χ1) is 6.31. The van der Waals surface area contributed by atoms with Crippen molar-refractivity contribution in [1.29, 1.82) is 0 Å². The van der Waals surface area contributed by atoms with Gasteiger partial charge < -0.3 is 10.6 Å². The minimum absolute atomic E-state index is 0.632. The highest BCUT2D eigenvalue weighted by Gasteiger charge is 2.26. The van der Waals surface area contributed by atoms with Crippen molar-refractivity contribution in [2.45, 2.75) is 25.4 Å². The predicted octanol–water partition coefficient (Wildman–Crippen LogP) is 1.74. The Bertz CT molecular complexity index is 275. The van der Waals surface area contributed by atoms with Gasteiger partial charge >= 0.3 is 0 Å². The Labute approximate surface area is 79.4 Å². The fourth-order valence-corrected chi connectivity index (χ4v) is 1.54. The van der Waals surface area contributed by atoms with E-state index in [1.165, 1.54) is 24.1 Å². The second-order valence-electron chi connectivity index (χ2n) is 3.71. The molecule has 2 nitrogen and oxygen atoms in total. The van der Waals surface area contributed by atoms with Gasteiger partial charge in [-0.15, -0.1) is 0 Å². The molecule has 0 bridgehead atoms. The van der Waals surface area contributed by atoms with Gasteiger partial charge in [-0.2, -0.15) is 0 Å². The van der Waals surface area contributed by atoms with Gasteiger partial charge in [0.05, 0.1) is 0 Å². The monoisotopic (exact) mass is 176 g/mol. The van der Waals surface area contributed by atoms with Gasteiger partial charge in [0.1, 0.15) is 0 Å². The van der Waals surface area contributed by atoms with E-state index in [1.807, 2.05) is 0 Å². The van der Waals surface area contributed by atoms with Crippen molar-refractivity contribution in [3.8, 4) is 0 Å². The summed E-state index contributed by atoms with van der Waals surface area (Å²) in [6.45, 7) is 0.632. The largest absolute Gasteiger partial charge is 0.372 e. The second-order valence-corrected chi connectivity index (χ2v) is 3.71. The number of nitrogens with zero attached hydrogens (tertiary/aromatic N) is 1. The van der Waals surface area contributed by atoms with Crippen LogP contribution in [0, 0.1) is 0 Å². The molecule has 13 heavy (non-hydrogen) atoms. The van der Waals surface area contributed by atoms with E-state index >= 15 is 0 Å². The molecule has 1 aromatic carbocycles. The number of benzene rings is 1. The maximum atomic E-state index is 5.53. The molecule has 1 saturated carbocycles. The minimum Gasteiger partial charge on any atom is -0.372 e. The Morgan fingerprint density at radius 1 is 1.31 bits per heavy atom. The first kappa shape index (κ1) is 8.57. The zero-order valence-electron chi connectivity index (χ0n) is 8.03. The molecule has 2 N–H and O–H groups in total. The number of hydrogen-bond acceptors (Lipinski definition) is 2.